The van der Waals surface area contributed by atoms with Gasteiger partial charge in [-0.2, -0.15) is 0 Å². The largest absolute Gasteiger partial charge is 0.314 e. The summed E-state index contributed by atoms with van der Waals surface area (Å²) in [5.41, 5.74) is 0.932. The van der Waals surface area contributed by atoms with Crippen molar-refractivity contribution < 1.29 is 0 Å². The van der Waals surface area contributed by atoms with Crippen molar-refractivity contribution in [3.8, 4) is 0 Å². The van der Waals surface area contributed by atoms with E-state index >= 15 is 0 Å². The molecule has 3 atom stereocenters. The van der Waals surface area contributed by atoms with Crippen LogP contribution in [-0.2, 0) is 0 Å². The van der Waals surface area contributed by atoms with E-state index in [4.69, 9.17) is 0 Å². The number of hydrogen-bond acceptors (Lipinski definition) is 4. The number of hydrogen-bond donors (Lipinski definition) is 1. The Kier molecular flexibility index (Phi) is 4.27. The number of thioether (sulfide) groups is 1. The van der Waals surface area contributed by atoms with Crippen LogP contribution in [-0.4, -0.2) is 32.4 Å². The number of rotatable bonds is 5. The third kappa shape index (κ3) is 2.69. The van der Waals surface area contributed by atoms with Crippen molar-refractivity contribution in [1.82, 2.24) is 19.9 Å². The Hall–Kier alpha value is -1.07. The van der Waals surface area contributed by atoms with E-state index in [0.717, 1.165) is 17.3 Å². The molecular weight excluding hydrogens is 268 g/mol. The molecule has 2 aromatic heterocycles. The van der Waals surface area contributed by atoms with E-state index in [1.165, 1.54) is 19.3 Å². The quantitative estimate of drug-likeness (QED) is 0.919. The van der Waals surface area contributed by atoms with Gasteiger partial charge in [-0.1, -0.05) is 31.7 Å². The maximum absolute atomic E-state index is 4.34. The van der Waals surface area contributed by atoms with Crippen molar-refractivity contribution in [2.24, 2.45) is 5.92 Å². The topological polar surface area (TPSA) is 42.2 Å². The van der Waals surface area contributed by atoms with E-state index in [-0.39, 0.29) is 0 Å². The second-order valence-electron chi connectivity index (χ2n) is 5.56. The number of nitrogens with zero attached hydrogens (tertiary/aromatic N) is 3. The van der Waals surface area contributed by atoms with Crippen LogP contribution in [0.5, 0.6) is 0 Å². The zero-order chi connectivity index (χ0) is 13.9. The first-order valence-electron chi connectivity index (χ1n) is 7.49. The number of aromatic nitrogens is 3. The molecule has 5 heteroatoms. The van der Waals surface area contributed by atoms with Gasteiger partial charge in [-0.3, -0.25) is 4.40 Å². The SMILES string of the molecule is CCCNC1CCC(Sc2nnc3ccccn23)C1C. The molecule has 0 radical (unpaired) electrons. The maximum atomic E-state index is 4.34. The molecule has 0 spiro atoms. The zero-order valence-corrected chi connectivity index (χ0v) is 12.9. The summed E-state index contributed by atoms with van der Waals surface area (Å²) in [6.45, 7) is 5.71. The zero-order valence-electron chi connectivity index (χ0n) is 12.1. The average Bonchev–Trinajstić information content (AvgIpc) is 3.03. The standard InChI is InChI=1S/C15H22N4S/c1-3-9-16-12-7-8-13(11(12)2)20-15-18-17-14-6-4-5-10-19(14)15/h4-6,10-13,16H,3,7-9H2,1-2H3. The first-order valence-corrected chi connectivity index (χ1v) is 8.37. The van der Waals surface area contributed by atoms with E-state index in [2.05, 4.69) is 33.8 Å². The van der Waals surface area contributed by atoms with Crippen LogP contribution < -0.4 is 5.32 Å². The lowest BCUT2D eigenvalue weighted by Gasteiger charge is -2.20. The Labute approximate surface area is 124 Å². The van der Waals surface area contributed by atoms with Crippen LogP contribution in [0.25, 0.3) is 5.65 Å². The van der Waals surface area contributed by atoms with Crippen LogP contribution in [0.2, 0.25) is 0 Å². The molecule has 0 aliphatic heterocycles. The van der Waals surface area contributed by atoms with Crippen molar-refractivity contribution in [1.29, 1.82) is 0 Å². The minimum absolute atomic E-state index is 0.636. The molecule has 1 fully saturated rings. The van der Waals surface area contributed by atoms with Gasteiger partial charge in [0.1, 0.15) is 0 Å². The lowest BCUT2D eigenvalue weighted by atomic mass is 10.1. The predicted octanol–water partition coefficient (Wildman–Crippen LogP) is 2.99. The monoisotopic (exact) mass is 290 g/mol. The minimum atomic E-state index is 0.636. The molecule has 0 bridgehead atoms. The fraction of sp³-hybridized carbons (Fsp3) is 0.600. The molecule has 1 aliphatic rings. The van der Waals surface area contributed by atoms with Crippen molar-refractivity contribution >= 4 is 17.4 Å². The summed E-state index contributed by atoms with van der Waals surface area (Å²) in [6.07, 6.45) is 5.78. The van der Waals surface area contributed by atoms with Crippen molar-refractivity contribution in [3.63, 3.8) is 0 Å². The third-order valence-corrected chi connectivity index (χ3v) is 5.64. The number of nitrogens with one attached hydrogen (secondary N) is 1. The third-order valence-electron chi connectivity index (χ3n) is 4.18. The summed E-state index contributed by atoms with van der Waals surface area (Å²) in [6, 6.07) is 6.69. The Morgan fingerprint density at radius 3 is 3.10 bits per heavy atom. The van der Waals surface area contributed by atoms with Crippen molar-refractivity contribution in [2.45, 2.75) is 49.6 Å². The predicted molar refractivity (Wildman–Crippen MR) is 83.1 cm³/mol. The van der Waals surface area contributed by atoms with Gasteiger partial charge in [-0.15, -0.1) is 10.2 Å². The number of fused-ring (bicyclic) bond motifs is 1. The lowest BCUT2D eigenvalue weighted by molar-refractivity contribution is 0.431. The lowest BCUT2D eigenvalue weighted by Crippen LogP contribution is -2.33. The fourth-order valence-electron chi connectivity index (χ4n) is 2.95. The second kappa shape index (κ2) is 6.14. The highest BCUT2D eigenvalue weighted by atomic mass is 32.2. The maximum Gasteiger partial charge on any atom is 0.195 e. The molecule has 3 rings (SSSR count). The molecule has 1 aliphatic carbocycles. The van der Waals surface area contributed by atoms with E-state index < -0.39 is 0 Å². The van der Waals surface area contributed by atoms with Gasteiger partial charge in [0, 0.05) is 17.5 Å². The van der Waals surface area contributed by atoms with E-state index in [9.17, 15) is 0 Å². The summed E-state index contributed by atoms with van der Waals surface area (Å²) in [5, 5.41) is 13.9. The van der Waals surface area contributed by atoms with Crippen LogP contribution in [0.1, 0.15) is 33.1 Å². The molecule has 0 amide bonds. The minimum Gasteiger partial charge on any atom is -0.314 e. The van der Waals surface area contributed by atoms with Gasteiger partial charge >= 0.3 is 0 Å². The molecule has 4 nitrogen and oxygen atoms in total. The van der Waals surface area contributed by atoms with Crippen LogP contribution in [0, 0.1) is 5.92 Å². The summed E-state index contributed by atoms with van der Waals surface area (Å²) < 4.78 is 2.09. The second-order valence-corrected chi connectivity index (χ2v) is 6.77. The van der Waals surface area contributed by atoms with Crippen molar-refractivity contribution in [2.75, 3.05) is 6.54 Å². The molecule has 2 aromatic rings. The van der Waals surface area contributed by atoms with Crippen LogP contribution in [0.3, 0.4) is 0 Å². The van der Waals surface area contributed by atoms with Gasteiger partial charge < -0.3 is 5.32 Å². The highest BCUT2D eigenvalue weighted by molar-refractivity contribution is 7.99. The van der Waals surface area contributed by atoms with Gasteiger partial charge in [0.05, 0.1) is 0 Å². The van der Waals surface area contributed by atoms with E-state index in [0.29, 0.717) is 17.2 Å². The molecule has 108 valence electrons. The van der Waals surface area contributed by atoms with Crippen molar-refractivity contribution in [3.05, 3.63) is 24.4 Å². The van der Waals surface area contributed by atoms with Crippen LogP contribution in [0.15, 0.2) is 29.6 Å². The first-order chi connectivity index (χ1) is 9.79. The van der Waals surface area contributed by atoms with Crippen LogP contribution >= 0.6 is 11.8 Å². The number of pyridine rings is 1. The van der Waals surface area contributed by atoms with E-state index in [1.54, 1.807) is 0 Å². The highest BCUT2D eigenvalue weighted by Crippen LogP contribution is 2.38. The summed E-state index contributed by atoms with van der Waals surface area (Å²) >= 11 is 1.88. The molecule has 20 heavy (non-hydrogen) atoms. The normalized spacial score (nSPS) is 26.4. The molecule has 1 saturated carbocycles. The van der Waals surface area contributed by atoms with Gasteiger partial charge in [0.25, 0.3) is 0 Å². The van der Waals surface area contributed by atoms with Crippen LogP contribution in [0.4, 0.5) is 0 Å². The van der Waals surface area contributed by atoms with Gasteiger partial charge in [-0.25, -0.2) is 0 Å². The summed E-state index contributed by atoms with van der Waals surface area (Å²) in [7, 11) is 0. The highest BCUT2D eigenvalue weighted by Gasteiger charge is 2.33. The molecule has 1 N–H and O–H groups in total. The Bertz CT molecular complexity index is 568. The molecule has 2 heterocycles. The molecule has 0 aromatic carbocycles. The summed E-state index contributed by atoms with van der Waals surface area (Å²) in [5.74, 6) is 0.683. The van der Waals surface area contributed by atoms with Gasteiger partial charge in [-0.05, 0) is 43.9 Å². The Balaban J connectivity index is 1.69. The molecular formula is C15H22N4S. The summed E-state index contributed by atoms with van der Waals surface area (Å²) in [4.78, 5) is 0. The van der Waals surface area contributed by atoms with Gasteiger partial charge in [0.2, 0.25) is 0 Å². The van der Waals surface area contributed by atoms with Gasteiger partial charge in [0.15, 0.2) is 10.8 Å². The Morgan fingerprint density at radius 2 is 2.25 bits per heavy atom. The first kappa shape index (κ1) is 13.9. The Morgan fingerprint density at radius 1 is 1.35 bits per heavy atom. The molecule has 3 unspecified atom stereocenters. The average molecular weight is 290 g/mol. The smallest absolute Gasteiger partial charge is 0.195 e. The fourth-order valence-corrected chi connectivity index (χ4v) is 4.23. The molecule has 0 saturated heterocycles. The van der Waals surface area contributed by atoms with E-state index in [1.807, 2.05) is 36.2 Å².